The molecule has 1 fully saturated rings. The molecule has 10 heteroatoms. The van der Waals surface area contributed by atoms with Gasteiger partial charge in [0.2, 0.25) is 11.8 Å². The second-order valence-electron chi connectivity index (χ2n) is 5.25. The molecule has 126 valence electrons. The van der Waals surface area contributed by atoms with E-state index in [1.807, 2.05) is 0 Å². The number of thiazole rings is 1. The fourth-order valence-corrected chi connectivity index (χ4v) is 2.55. The van der Waals surface area contributed by atoms with Gasteiger partial charge in [-0.1, -0.05) is 0 Å². The highest BCUT2D eigenvalue weighted by Gasteiger charge is 2.30. The topological polar surface area (TPSA) is 126 Å². The summed E-state index contributed by atoms with van der Waals surface area (Å²) in [4.78, 5) is 43.1. The third kappa shape index (κ3) is 3.96. The largest absolute Gasteiger partial charge is 0.431 e. The lowest BCUT2D eigenvalue weighted by Crippen LogP contribution is -2.20. The predicted octanol–water partition coefficient (Wildman–Crippen LogP) is 1.02. The van der Waals surface area contributed by atoms with Gasteiger partial charge in [-0.25, -0.2) is 4.98 Å². The standard InChI is InChI=1S/C14H15N5O4S/c1-15-10(20)4-8-6-24-14(16-8)19-12(22)9-5-23-13(17-9)18-11(21)7-2-3-7/h5-7H,2-4H2,1H3,(H,15,20)(H,16,19,22)(H,17,18,21). The van der Waals surface area contributed by atoms with Crippen LogP contribution in [-0.4, -0.2) is 34.7 Å². The summed E-state index contributed by atoms with van der Waals surface area (Å²) in [5, 5.41) is 9.64. The summed E-state index contributed by atoms with van der Waals surface area (Å²) in [6.45, 7) is 0. The fourth-order valence-electron chi connectivity index (χ4n) is 1.85. The number of hydrogen-bond acceptors (Lipinski definition) is 7. The van der Waals surface area contributed by atoms with Crippen LogP contribution in [0.3, 0.4) is 0 Å². The first-order valence-electron chi connectivity index (χ1n) is 7.28. The maximum atomic E-state index is 12.1. The fraction of sp³-hybridized carbons (Fsp3) is 0.357. The van der Waals surface area contributed by atoms with E-state index in [-0.39, 0.29) is 35.9 Å². The lowest BCUT2D eigenvalue weighted by atomic mass is 10.3. The van der Waals surface area contributed by atoms with Gasteiger partial charge in [0.1, 0.15) is 6.26 Å². The molecule has 3 rings (SSSR count). The zero-order valence-corrected chi connectivity index (χ0v) is 13.6. The molecule has 0 radical (unpaired) electrons. The van der Waals surface area contributed by atoms with Crippen molar-refractivity contribution >= 4 is 40.2 Å². The van der Waals surface area contributed by atoms with Gasteiger partial charge in [0, 0.05) is 18.3 Å². The third-order valence-electron chi connectivity index (χ3n) is 3.31. The number of carbonyl (C=O) groups is 3. The molecule has 0 unspecified atom stereocenters. The third-order valence-corrected chi connectivity index (χ3v) is 4.11. The van der Waals surface area contributed by atoms with Gasteiger partial charge in [0.05, 0.1) is 12.1 Å². The van der Waals surface area contributed by atoms with E-state index >= 15 is 0 Å². The number of rotatable bonds is 6. The minimum Gasteiger partial charge on any atom is -0.431 e. The Morgan fingerprint density at radius 2 is 2.08 bits per heavy atom. The number of nitrogens with one attached hydrogen (secondary N) is 3. The van der Waals surface area contributed by atoms with Gasteiger partial charge in [-0.05, 0) is 12.8 Å². The smallest absolute Gasteiger partial charge is 0.302 e. The van der Waals surface area contributed by atoms with Crippen molar-refractivity contribution in [3.63, 3.8) is 0 Å². The second-order valence-corrected chi connectivity index (χ2v) is 6.11. The summed E-state index contributed by atoms with van der Waals surface area (Å²) >= 11 is 1.20. The summed E-state index contributed by atoms with van der Waals surface area (Å²) in [5.74, 6) is -0.803. The van der Waals surface area contributed by atoms with Crippen molar-refractivity contribution in [3.05, 3.63) is 23.0 Å². The Bertz CT molecular complexity index is 780. The Morgan fingerprint density at radius 1 is 1.29 bits per heavy atom. The molecule has 1 aliphatic rings. The zero-order valence-electron chi connectivity index (χ0n) is 12.8. The van der Waals surface area contributed by atoms with Gasteiger partial charge < -0.3 is 9.73 Å². The monoisotopic (exact) mass is 349 g/mol. The van der Waals surface area contributed by atoms with Crippen LogP contribution in [0.4, 0.5) is 11.1 Å². The highest BCUT2D eigenvalue weighted by molar-refractivity contribution is 7.14. The Kier molecular flexibility index (Phi) is 4.56. The average molecular weight is 349 g/mol. The van der Waals surface area contributed by atoms with Crippen molar-refractivity contribution in [2.24, 2.45) is 5.92 Å². The Morgan fingerprint density at radius 3 is 2.79 bits per heavy atom. The van der Waals surface area contributed by atoms with Gasteiger partial charge in [-0.2, -0.15) is 4.98 Å². The van der Waals surface area contributed by atoms with Crippen LogP contribution >= 0.6 is 11.3 Å². The van der Waals surface area contributed by atoms with E-state index in [0.717, 1.165) is 19.1 Å². The number of aromatic nitrogens is 2. The number of amides is 3. The molecule has 0 saturated heterocycles. The molecule has 0 atom stereocenters. The number of likely N-dealkylation sites (N-methyl/N-ethyl adjacent to an activating group) is 1. The van der Waals surface area contributed by atoms with Crippen LogP contribution in [0.15, 0.2) is 16.1 Å². The van der Waals surface area contributed by atoms with Crippen LogP contribution in [-0.2, 0) is 16.0 Å². The Hall–Kier alpha value is -2.75. The normalized spacial score (nSPS) is 13.4. The molecule has 0 aliphatic heterocycles. The maximum absolute atomic E-state index is 12.1. The van der Waals surface area contributed by atoms with Crippen LogP contribution in [0, 0.1) is 5.92 Å². The van der Waals surface area contributed by atoms with E-state index < -0.39 is 5.91 Å². The summed E-state index contributed by atoms with van der Waals surface area (Å²) in [5.41, 5.74) is 0.594. The molecule has 1 aliphatic carbocycles. The van der Waals surface area contributed by atoms with E-state index in [1.54, 1.807) is 12.4 Å². The molecule has 3 amide bonds. The van der Waals surface area contributed by atoms with Crippen LogP contribution < -0.4 is 16.0 Å². The minimum atomic E-state index is -0.508. The van der Waals surface area contributed by atoms with Gasteiger partial charge in [-0.15, -0.1) is 11.3 Å². The first kappa shape index (κ1) is 16.1. The average Bonchev–Trinajstić information content (AvgIpc) is 3.17. The SMILES string of the molecule is CNC(=O)Cc1csc(NC(=O)c2coc(NC(=O)C3CC3)n2)n1. The van der Waals surface area contributed by atoms with Crippen molar-refractivity contribution in [3.8, 4) is 0 Å². The molecule has 1 saturated carbocycles. The summed E-state index contributed by atoms with van der Waals surface area (Å²) in [6, 6.07) is -0.00325. The highest BCUT2D eigenvalue weighted by atomic mass is 32.1. The summed E-state index contributed by atoms with van der Waals surface area (Å²) in [6.07, 6.45) is 3.03. The number of oxazole rings is 1. The van der Waals surface area contributed by atoms with E-state index in [1.165, 1.54) is 11.3 Å². The molecular formula is C14H15N5O4S. The van der Waals surface area contributed by atoms with E-state index in [4.69, 9.17) is 4.42 Å². The van der Waals surface area contributed by atoms with Crippen molar-refractivity contribution in [2.75, 3.05) is 17.7 Å². The first-order chi connectivity index (χ1) is 11.5. The van der Waals surface area contributed by atoms with E-state index in [2.05, 4.69) is 25.9 Å². The number of nitrogens with zero attached hydrogens (tertiary/aromatic N) is 2. The van der Waals surface area contributed by atoms with Crippen molar-refractivity contribution in [2.45, 2.75) is 19.3 Å². The lowest BCUT2D eigenvalue weighted by Gasteiger charge is -1.98. The maximum Gasteiger partial charge on any atom is 0.302 e. The van der Waals surface area contributed by atoms with Gasteiger partial charge >= 0.3 is 6.01 Å². The molecule has 3 N–H and O–H groups in total. The molecule has 0 aromatic carbocycles. The highest BCUT2D eigenvalue weighted by Crippen LogP contribution is 2.30. The molecule has 9 nitrogen and oxygen atoms in total. The zero-order chi connectivity index (χ0) is 17.1. The molecule has 2 aromatic rings. The second kappa shape index (κ2) is 6.79. The summed E-state index contributed by atoms with van der Waals surface area (Å²) in [7, 11) is 1.54. The number of hydrogen-bond donors (Lipinski definition) is 3. The van der Waals surface area contributed by atoms with Gasteiger partial charge in [0.15, 0.2) is 10.8 Å². The number of carbonyl (C=O) groups excluding carboxylic acids is 3. The lowest BCUT2D eigenvalue weighted by molar-refractivity contribution is -0.120. The minimum absolute atomic E-state index is 0.00325. The van der Waals surface area contributed by atoms with E-state index in [0.29, 0.717) is 10.8 Å². The Labute approximate surface area is 140 Å². The molecule has 0 bridgehead atoms. The van der Waals surface area contributed by atoms with Crippen molar-refractivity contribution in [1.82, 2.24) is 15.3 Å². The summed E-state index contributed by atoms with van der Waals surface area (Å²) < 4.78 is 5.07. The number of anilines is 2. The first-order valence-corrected chi connectivity index (χ1v) is 8.16. The van der Waals surface area contributed by atoms with Gasteiger partial charge in [0.25, 0.3) is 5.91 Å². The molecule has 2 heterocycles. The predicted molar refractivity (Wildman–Crippen MR) is 85.7 cm³/mol. The molecule has 24 heavy (non-hydrogen) atoms. The quantitative estimate of drug-likeness (QED) is 0.715. The molecular weight excluding hydrogens is 334 g/mol. The van der Waals surface area contributed by atoms with Crippen molar-refractivity contribution < 1.29 is 18.8 Å². The van der Waals surface area contributed by atoms with Crippen LogP contribution in [0.1, 0.15) is 29.0 Å². The Balaban J connectivity index is 1.57. The molecule has 0 spiro atoms. The van der Waals surface area contributed by atoms with Crippen LogP contribution in [0.2, 0.25) is 0 Å². The van der Waals surface area contributed by atoms with Crippen LogP contribution in [0.5, 0.6) is 0 Å². The van der Waals surface area contributed by atoms with Crippen molar-refractivity contribution in [1.29, 1.82) is 0 Å². The molecule has 2 aromatic heterocycles. The van der Waals surface area contributed by atoms with E-state index in [9.17, 15) is 14.4 Å². The van der Waals surface area contributed by atoms with Crippen LogP contribution in [0.25, 0.3) is 0 Å². The van der Waals surface area contributed by atoms with Gasteiger partial charge in [-0.3, -0.25) is 25.0 Å².